The number of ether oxygens (including phenoxy) is 1. The molecule has 1 rings (SSSR count). The van der Waals surface area contributed by atoms with E-state index in [1.54, 1.807) is 0 Å². The number of rotatable bonds is 3. The summed E-state index contributed by atoms with van der Waals surface area (Å²) < 4.78 is 5.77. The van der Waals surface area contributed by atoms with Gasteiger partial charge in [-0.25, -0.2) is 0 Å². The highest BCUT2D eigenvalue weighted by Crippen LogP contribution is 2.19. The second-order valence-corrected chi connectivity index (χ2v) is 5.09. The molecule has 14 heavy (non-hydrogen) atoms. The van der Waals surface area contributed by atoms with Crippen molar-refractivity contribution in [3.63, 3.8) is 0 Å². The molecule has 0 N–H and O–H groups in total. The molecule has 0 aliphatic rings. The maximum Gasteiger partial charge on any atom is 0.120 e. The van der Waals surface area contributed by atoms with Crippen molar-refractivity contribution in [3.8, 4) is 5.75 Å². The van der Waals surface area contributed by atoms with Crippen LogP contribution in [0, 0.1) is 0 Å². The predicted molar refractivity (Wildman–Crippen MR) is 64.3 cm³/mol. The van der Waals surface area contributed by atoms with Gasteiger partial charge in [-0.3, -0.25) is 0 Å². The third kappa shape index (κ3) is 4.14. The summed E-state index contributed by atoms with van der Waals surface area (Å²) in [5.74, 6) is 0.955. The van der Waals surface area contributed by atoms with E-state index in [2.05, 4.69) is 48.8 Å². The summed E-state index contributed by atoms with van der Waals surface area (Å²) >= 11 is 3.43. The average Bonchev–Trinajstić information content (AvgIpc) is 2.02. The van der Waals surface area contributed by atoms with Crippen LogP contribution in [0.15, 0.2) is 24.3 Å². The molecule has 2 heteroatoms. The molecule has 0 spiro atoms. The van der Waals surface area contributed by atoms with Crippen LogP contribution in [0.2, 0.25) is 0 Å². The Morgan fingerprint density at radius 2 is 2.00 bits per heavy atom. The summed E-state index contributed by atoms with van der Waals surface area (Å²) in [4.78, 5) is 0. The zero-order chi connectivity index (χ0) is 10.6. The SMILES string of the molecule is CC(C)(C)Oc1cccc(CCBr)c1. The van der Waals surface area contributed by atoms with E-state index in [9.17, 15) is 0 Å². The van der Waals surface area contributed by atoms with Gasteiger partial charge in [0.15, 0.2) is 0 Å². The second kappa shape index (κ2) is 4.83. The number of alkyl halides is 1. The van der Waals surface area contributed by atoms with Gasteiger partial charge in [0.2, 0.25) is 0 Å². The van der Waals surface area contributed by atoms with Gasteiger partial charge in [0, 0.05) is 5.33 Å². The summed E-state index contributed by atoms with van der Waals surface area (Å²) in [6, 6.07) is 8.27. The van der Waals surface area contributed by atoms with Crippen molar-refractivity contribution in [3.05, 3.63) is 29.8 Å². The number of hydrogen-bond acceptors (Lipinski definition) is 1. The predicted octanol–water partition coefficient (Wildman–Crippen LogP) is 3.80. The van der Waals surface area contributed by atoms with Crippen LogP contribution in [0.4, 0.5) is 0 Å². The van der Waals surface area contributed by atoms with Crippen molar-refractivity contribution in [1.29, 1.82) is 0 Å². The van der Waals surface area contributed by atoms with Crippen molar-refractivity contribution in [1.82, 2.24) is 0 Å². The maximum atomic E-state index is 5.77. The highest BCUT2D eigenvalue weighted by Gasteiger charge is 2.11. The molecule has 0 saturated heterocycles. The Hall–Kier alpha value is -0.500. The highest BCUT2D eigenvalue weighted by atomic mass is 79.9. The van der Waals surface area contributed by atoms with Crippen LogP contribution in [0.3, 0.4) is 0 Å². The molecular formula is C12H17BrO. The van der Waals surface area contributed by atoms with Gasteiger partial charge in [0.05, 0.1) is 0 Å². The van der Waals surface area contributed by atoms with Gasteiger partial charge in [-0.2, -0.15) is 0 Å². The topological polar surface area (TPSA) is 9.23 Å². The Balaban J connectivity index is 2.73. The van der Waals surface area contributed by atoms with Gasteiger partial charge in [-0.15, -0.1) is 0 Å². The standard InChI is InChI=1S/C12H17BrO/c1-12(2,3)14-11-6-4-5-10(9-11)7-8-13/h4-6,9H,7-8H2,1-3H3. The first-order valence-corrected chi connectivity index (χ1v) is 5.97. The van der Waals surface area contributed by atoms with Crippen LogP contribution in [0.1, 0.15) is 26.3 Å². The number of aryl methyl sites for hydroxylation is 1. The van der Waals surface area contributed by atoms with Gasteiger partial charge in [0.1, 0.15) is 11.4 Å². The lowest BCUT2D eigenvalue weighted by molar-refractivity contribution is 0.131. The number of benzene rings is 1. The zero-order valence-corrected chi connectivity index (χ0v) is 10.6. The van der Waals surface area contributed by atoms with E-state index in [4.69, 9.17) is 4.74 Å². The van der Waals surface area contributed by atoms with Crippen molar-refractivity contribution in [2.75, 3.05) is 5.33 Å². The van der Waals surface area contributed by atoms with Gasteiger partial charge < -0.3 is 4.74 Å². The minimum Gasteiger partial charge on any atom is -0.488 e. The van der Waals surface area contributed by atoms with E-state index >= 15 is 0 Å². The van der Waals surface area contributed by atoms with Gasteiger partial charge in [-0.1, -0.05) is 28.1 Å². The molecule has 78 valence electrons. The lowest BCUT2D eigenvalue weighted by Crippen LogP contribution is -2.22. The first-order valence-electron chi connectivity index (χ1n) is 4.85. The van der Waals surface area contributed by atoms with Crippen LogP contribution in [0.5, 0.6) is 5.75 Å². The minimum atomic E-state index is -0.118. The molecule has 0 bridgehead atoms. The van der Waals surface area contributed by atoms with Crippen molar-refractivity contribution in [2.24, 2.45) is 0 Å². The molecule has 0 fully saturated rings. The van der Waals surface area contributed by atoms with E-state index < -0.39 is 0 Å². The second-order valence-electron chi connectivity index (χ2n) is 4.30. The van der Waals surface area contributed by atoms with Crippen LogP contribution in [-0.4, -0.2) is 10.9 Å². The van der Waals surface area contributed by atoms with Gasteiger partial charge in [-0.05, 0) is 44.9 Å². The van der Waals surface area contributed by atoms with E-state index in [1.807, 2.05) is 12.1 Å². The monoisotopic (exact) mass is 256 g/mol. The zero-order valence-electron chi connectivity index (χ0n) is 9.01. The van der Waals surface area contributed by atoms with Crippen molar-refractivity contribution in [2.45, 2.75) is 32.8 Å². The molecule has 0 amide bonds. The fourth-order valence-electron chi connectivity index (χ4n) is 1.23. The van der Waals surface area contributed by atoms with E-state index in [1.165, 1.54) is 5.56 Å². The molecule has 0 saturated carbocycles. The van der Waals surface area contributed by atoms with Crippen LogP contribution in [0.25, 0.3) is 0 Å². The number of hydrogen-bond donors (Lipinski definition) is 0. The first-order chi connectivity index (χ1) is 6.51. The molecule has 0 heterocycles. The van der Waals surface area contributed by atoms with Crippen molar-refractivity contribution < 1.29 is 4.74 Å². The summed E-state index contributed by atoms with van der Waals surface area (Å²) in [6.07, 6.45) is 1.04. The normalized spacial score (nSPS) is 11.4. The van der Waals surface area contributed by atoms with Gasteiger partial charge >= 0.3 is 0 Å². The molecule has 1 aromatic carbocycles. The van der Waals surface area contributed by atoms with Crippen molar-refractivity contribution >= 4 is 15.9 Å². The Morgan fingerprint density at radius 1 is 1.29 bits per heavy atom. The summed E-state index contributed by atoms with van der Waals surface area (Å²) in [7, 11) is 0. The third-order valence-electron chi connectivity index (χ3n) is 1.71. The maximum absolute atomic E-state index is 5.77. The minimum absolute atomic E-state index is 0.118. The quantitative estimate of drug-likeness (QED) is 0.748. The van der Waals surface area contributed by atoms with E-state index in [0.717, 1.165) is 17.5 Å². The van der Waals surface area contributed by atoms with Gasteiger partial charge in [0.25, 0.3) is 0 Å². The average molecular weight is 257 g/mol. The molecular weight excluding hydrogens is 240 g/mol. The molecule has 0 aliphatic heterocycles. The van der Waals surface area contributed by atoms with Crippen LogP contribution >= 0.6 is 15.9 Å². The highest BCUT2D eigenvalue weighted by molar-refractivity contribution is 9.09. The lowest BCUT2D eigenvalue weighted by atomic mass is 10.1. The molecule has 1 nitrogen and oxygen atoms in total. The Labute approximate surface area is 94.6 Å². The number of halogens is 1. The smallest absolute Gasteiger partial charge is 0.120 e. The fourth-order valence-corrected chi connectivity index (χ4v) is 1.68. The van der Waals surface area contributed by atoms with Crippen LogP contribution < -0.4 is 4.74 Å². The Morgan fingerprint density at radius 3 is 2.57 bits per heavy atom. The molecule has 0 atom stereocenters. The Bertz CT molecular complexity index is 289. The summed E-state index contributed by atoms with van der Waals surface area (Å²) in [5.41, 5.74) is 1.19. The molecule has 0 aromatic heterocycles. The molecule has 0 unspecified atom stereocenters. The molecule has 1 aromatic rings. The van der Waals surface area contributed by atoms with Crippen LogP contribution in [-0.2, 0) is 6.42 Å². The lowest BCUT2D eigenvalue weighted by Gasteiger charge is -2.21. The third-order valence-corrected chi connectivity index (χ3v) is 2.10. The summed E-state index contributed by atoms with van der Waals surface area (Å²) in [6.45, 7) is 6.18. The van der Waals surface area contributed by atoms with E-state index in [-0.39, 0.29) is 5.60 Å². The summed E-state index contributed by atoms with van der Waals surface area (Å²) in [5, 5.41) is 0.992. The largest absolute Gasteiger partial charge is 0.488 e. The first kappa shape index (κ1) is 11.6. The van der Waals surface area contributed by atoms with E-state index in [0.29, 0.717) is 0 Å². The molecule has 0 aliphatic carbocycles. The Kier molecular flexibility index (Phi) is 3.99. The fraction of sp³-hybridized carbons (Fsp3) is 0.500. The molecule has 0 radical (unpaired) electrons.